The summed E-state index contributed by atoms with van der Waals surface area (Å²) in [4.78, 5) is 0. The fraction of sp³-hybridized carbons (Fsp3) is 0.400. The van der Waals surface area contributed by atoms with Crippen LogP contribution in [0.25, 0.3) is 0 Å². The molecule has 0 amide bonds. The Morgan fingerprint density at radius 1 is 1.04 bits per heavy atom. The normalized spacial score (nSPS) is 12.7. The largest absolute Gasteiger partial charge is 0.494 e. The average Bonchev–Trinajstić information content (AvgIpc) is 2.63. The van der Waals surface area contributed by atoms with Crippen molar-refractivity contribution in [3.8, 4) is 5.75 Å². The number of hydrogen-bond acceptors (Lipinski definition) is 4. The molecule has 1 unspecified atom stereocenters. The Bertz CT molecular complexity index is 793. The number of rotatable bonds is 11. The van der Waals surface area contributed by atoms with Crippen LogP contribution in [0.15, 0.2) is 48.5 Å². The summed E-state index contributed by atoms with van der Waals surface area (Å²) in [6, 6.07) is 15.9. The summed E-state index contributed by atoms with van der Waals surface area (Å²) in [5.74, 6) is 0.849. The molecule has 2 aromatic rings. The van der Waals surface area contributed by atoms with Gasteiger partial charge in [0.2, 0.25) is 10.0 Å². The zero-order chi connectivity index (χ0) is 19.7. The lowest BCUT2D eigenvalue weighted by molar-refractivity contribution is 0.311. The van der Waals surface area contributed by atoms with Crippen molar-refractivity contribution in [2.24, 2.45) is 0 Å². The van der Waals surface area contributed by atoms with Crippen LogP contribution in [0.5, 0.6) is 5.75 Å². The van der Waals surface area contributed by atoms with Gasteiger partial charge in [0.15, 0.2) is 0 Å². The molecule has 0 aliphatic carbocycles. The van der Waals surface area contributed by atoms with Crippen LogP contribution in [0.1, 0.15) is 24.5 Å². The summed E-state index contributed by atoms with van der Waals surface area (Å²) >= 11 is 5.88. The van der Waals surface area contributed by atoms with Gasteiger partial charge in [-0.15, -0.1) is 0 Å². The molecule has 0 spiro atoms. The Morgan fingerprint density at radius 3 is 2.30 bits per heavy atom. The molecule has 0 aliphatic rings. The molecule has 0 heterocycles. The molecule has 0 saturated carbocycles. The number of nitrogens with one attached hydrogen (secondary N) is 2. The lowest BCUT2D eigenvalue weighted by atomic mass is 10.1. The van der Waals surface area contributed by atoms with Crippen molar-refractivity contribution >= 4 is 21.6 Å². The van der Waals surface area contributed by atoms with Gasteiger partial charge in [0, 0.05) is 24.2 Å². The molecule has 0 aliphatic heterocycles. The minimum atomic E-state index is -3.15. The highest BCUT2D eigenvalue weighted by Gasteiger charge is 2.06. The number of sulfonamides is 1. The minimum absolute atomic E-state index is 0.0449. The van der Waals surface area contributed by atoms with E-state index in [0.29, 0.717) is 19.7 Å². The molecule has 27 heavy (non-hydrogen) atoms. The molecule has 2 rings (SSSR count). The molecular weight excluding hydrogens is 384 g/mol. The molecule has 2 aromatic carbocycles. The van der Waals surface area contributed by atoms with E-state index in [1.165, 1.54) is 5.56 Å². The number of halogens is 1. The van der Waals surface area contributed by atoms with Crippen LogP contribution in [0.4, 0.5) is 0 Å². The van der Waals surface area contributed by atoms with Gasteiger partial charge in [-0.3, -0.25) is 0 Å². The van der Waals surface area contributed by atoms with E-state index in [0.717, 1.165) is 35.4 Å². The first-order valence-corrected chi connectivity index (χ1v) is 11.2. The first-order valence-electron chi connectivity index (χ1n) is 8.96. The second kappa shape index (κ2) is 10.7. The summed E-state index contributed by atoms with van der Waals surface area (Å²) in [7, 11) is -3.15. The Kier molecular flexibility index (Phi) is 8.57. The summed E-state index contributed by atoms with van der Waals surface area (Å²) < 4.78 is 30.5. The van der Waals surface area contributed by atoms with Gasteiger partial charge in [0.05, 0.1) is 12.9 Å². The third-order valence-corrected chi connectivity index (χ3v) is 4.96. The van der Waals surface area contributed by atoms with Crippen LogP contribution < -0.4 is 14.8 Å². The highest BCUT2D eigenvalue weighted by molar-refractivity contribution is 7.88. The van der Waals surface area contributed by atoms with E-state index in [-0.39, 0.29) is 6.04 Å². The Hall–Kier alpha value is -1.60. The van der Waals surface area contributed by atoms with Gasteiger partial charge in [0.1, 0.15) is 5.75 Å². The van der Waals surface area contributed by atoms with Crippen molar-refractivity contribution in [3.63, 3.8) is 0 Å². The fourth-order valence-electron chi connectivity index (χ4n) is 2.46. The smallest absolute Gasteiger partial charge is 0.208 e. The molecule has 0 fully saturated rings. The average molecular weight is 411 g/mol. The van der Waals surface area contributed by atoms with Crippen molar-refractivity contribution in [2.75, 3.05) is 19.4 Å². The van der Waals surface area contributed by atoms with E-state index in [4.69, 9.17) is 16.3 Å². The minimum Gasteiger partial charge on any atom is -0.494 e. The van der Waals surface area contributed by atoms with Gasteiger partial charge in [-0.05, 0) is 55.2 Å². The van der Waals surface area contributed by atoms with Crippen molar-refractivity contribution in [1.29, 1.82) is 0 Å². The molecule has 0 saturated heterocycles. The molecule has 1 atom stereocenters. The summed E-state index contributed by atoms with van der Waals surface area (Å²) in [5, 5.41) is 4.04. The SMILES string of the molecule is CC(CNS(C)(=O)=O)NCc1ccc(OCCCc2ccc(Cl)cc2)cc1. The fourth-order valence-corrected chi connectivity index (χ4v) is 3.14. The number of aryl methyl sites for hydroxylation is 1. The molecule has 0 radical (unpaired) electrons. The second-order valence-electron chi connectivity index (χ2n) is 6.63. The van der Waals surface area contributed by atoms with Crippen LogP contribution in [0.3, 0.4) is 0 Å². The maximum atomic E-state index is 11.1. The first kappa shape index (κ1) is 21.7. The Labute approximate surface area is 167 Å². The topological polar surface area (TPSA) is 67.4 Å². The summed E-state index contributed by atoms with van der Waals surface area (Å²) in [6.45, 7) is 3.64. The lowest BCUT2D eigenvalue weighted by Gasteiger charge is -2.14. The molecule has 2 N–H and O–H groups in total. The quantitative estimate of drug-likeness (QED) is 0.557. The highest BCUT2D eigenvalue weighted by atomic mass is 35.5. The van der Waals surface area contributed by atoms with E-state index in [1.807, 2.05) is 55.5 Å². The van der Waals surface area contributed by atoms with Crippen LogP contribution in [0.2, 0.25) is 5.02 Å². The van der Waals surface area contributed by atoms with Crippen molar-refractivity contribution in [2.45, 2.75) is 32.4 Å². The maximum Gasteiger partial charge on any atom is 0.208 e. The Balaban J connectivity index is 1.66. The van der Waals surface area contributed by atoms with Crippen LogP contribution >= 0.6 is 11.6 Å². The zero-order valence-electron chi connectivity index (χ0n) is 15.7. The molecule has 7 heteroatoms. The number of hydrogen-bond donors (Lipinski definition) is 2. The van der Waals surface area contributed by atoms with Crippen LogP contribution in [-0.4, -0.2) is 33.9 Å². The molecule has 0 bridgehead atoms. The second-order valence-corrected chi connectivity index (χ2v) is 8.89. The van der Waals surface area contributed by atoms with Gasteiger partial charge in [-0.1, -0.05) is 35.9 Å². The van der Waals surface area contributed by atoms with Crippen molar-refractivity contribution in [3.05, 3.63) is 64.7 Å². The van der Waals surface area contributed by atoms with Gasteiger partial charge >= 0.3 is 0 Å². The monoisotopic (exact) mass is 410 g/mol. The predicted octanol–water partition coefficient (Wildman–Crippen LogP) is 3.38. The van der Waals surface area contributed by atoms with E-state index < -0.39 is 10.0 Å². The third kappa shape index (κ3) is 9.24. The van der Waals surface area contributed by atoms with Gasteiger partial charge in [0.25, 0.3) is 0 Å². The van der Waals surface area contributed by atoms with Gasteiger partial charge in [-0.2, -0.15) is 0 Å². The van der Waals surface area contributed by atoms with Crippen molar-refractivity contribution in [1.82, 2.24) is 10.0 Å². The number of benzene rings is 2. The molecule has 0 aromatic heterocycles. The number of ether oxygens (including phenoxy) is 1. The summed E-state index contributed by atoms with van der Waals surface area (Å²) in [6.07, 6.45) is 3.06. The standard InChI is InChI=1S/C20H27ClN2O3S/c1-16(14-23-27(2,24)25)22-15-18-7-11-20(12-8-18)26-13-3-4-17-5-9-19(21)10-6-17/h5-12,16,22-23H,3-4,13-15H2,1-2H3. The van der Waals surface area contributed by atoms with E-state index in [1.54, 1.807) is 0 Å². The first-order chi connectivity index (χ1) is 12.8. The van der Waals surface area contributed by atoms with Crippen LogP contribution in [-0.2, 0) is 23.0 Å². The Morgan fingerprint density at radius 2 is 1.67 bits per heavy atom. The van der Waals surface area contributed by atoms with E-state index >= 15 is 0 Å². The summed E-state index contributed by atoms with van der Waals surface area (Å²) in [5.41, 5.74) is 2.37. The van der Waals surface area contributed by atoms with E-state index in [9.17, 15) is 8.42 Å². The molecular formula is C20H27ClN2O3S. The van der Waals surface area contributed by atoms with Gasteiger partial charge in [-0.25, -0.2) is 13.1 Å². The maximum absolute atomic E-state index is 11.1. The van der Waals surface area contributed by atoms with Crippen molar-refractivity contribution < 1.29 is 13.2 Å². The lowest BCUT2D eigenvalue weighted by Crippen LogP contribution is -2.38. The zero-order valence-corrected chi connectivity index (χ0v) is 17.3. The van der Waals surface area contributed by atoms with E-state index in [2.05, 4.69) is 10.0 Å². The predicted molar refractivity (Wildman–Crippen MR) is 111 cm³/mol. The van der Waals surface area contributed by atoms with Gasteiger partial charge < -0.3 is 10.1 Å². The molecule has 5 nitrogen and oxygen atoms in total. The molecule has 148 valence electrons. The highest BCUT2D eigenvalue weighted by Crippen LogP contribution is 2.14. The van der Waals surface area contributed by atoms with Crippen LogP contribution in [0, 0.1) is 0 Å². The third-order valence-electron chi connectivity index (χ3n) is 4.02.